The summed E-state index contributed by atoms with van der Waals surface area (Å²) >= 11 is 0. The Balaban J connectivity index is 1.73. The van der Waals surface area contributed by atoms with Crippen LogP contribution < -0.4 is 15.4 Å². The number of aryl methyl sites for hydroxylation is 1. The first-order chi connectivity index (χ1) is 9.72. The van der Waals surface area contributed by atoms with E-state index in [0.717, 1.165) is 17.9 Å². The molecule has 2 N–H and O–H groups in total. The molecule has 1 aliphatic heterocycles. The summed E-state index contributed by atoms with van der Waals surface area (Å²) in [7, 11) is 0. The number of amides is 1. The molecule has 0 unspecified atom stereocenters. The van der Waals surface area contributed by atoms with Gasteiger partial charge in [-0.15, -0.1) is 0 Å². The lowest BCUT2D eigenvalue weighted by molar-refractivity contribution is -0.118. The number of benzene rings is 2. The van der Waals surface area contributed by atoms with Gasteiger partial charge in [-0.05, 0) is 30.2 Å². The first-order valence-electron chi connectivity index (χ1n) is 6.57. The van der Waals surface area contributed by atoms with Crippen molar-refractivity contribution < 1.29 is 9.53 Å². The van der Waals surface area contributed by atoms with Crippen molar-refractivity contribution in [2.75, 3.05) is 17.2 Å². The molecule has 0 saturated carbocycles. The van der Waals surface area contributed by atoms with E-state index in [0.29, 0.717) is 5.75 Å². The second kappa shape index (κ2) is 5.25. The molecule has 4 nitrogen and oxygen atoms in total. The summed E-state index contributed by atoms with van der Waals surface area (Å²) in [5.41, 5.74) is 4.23. The topological polar surface area (TPSA) is 50.4 Å². The van der Waals surface area contributed by atoms with Gasteiger partial charge in [0.2, 0.25) is 0 Å². The zero-order chi connectivity index (χ0) is 13.9. The Labute approximate surface area is 117 Å². The summed E-state index contributed by atoms with van der Waals surface area (Å²) in [6, 6.07) is 14.0. The molecule has 0 fully saturated rings. The van der Waals surface area contributed by atoms with Crippen molar-refractivity contribution in [1.29, 1.82) is 0 Å². The van der Waals surface area contributed by atoms with E-state index in [1.807, 2.05) is 30.3 Å². The van der Waals surface area contributed by atoms with Crippen LogP contribution in [-0.4, -0.2) is 12.5 Å². The Bertz CT molecular complexity index is 653. The molecule has 0 atom stereocenters. The highest BCUT2D eigenvalue weighted by atomic mass is 16.5. The number of hydrogen-bond acceptors (Lipinski definition) is 3. The molecule has 0 bridgehead atoms. The standard InChI is InChI=1S/C16H16N2O2/c1-11-4-2-3-5-12(11)9-17-13-6-7-14-15(8-13)20-10-16(19)18-14/h2-8,17H,9-10H2,1H3,(H,18,19). The van der Waals surface area contributed by atoms with Crippen molar-refractivity contribution in [2.24, 2.45) is 0 Å². The normalized spacial score (nSPS) is 13.2. The molecule has 1 heterocycles. The monoisotopic (exact) mass is 268 g/mol. The number of fused-ring (bicyclic) bond motifs is 1. The van der Waals surface area contributed by atoms with Crippen molar-refractivity contribution in [3.05, 3.63) is 53.6 Å². The van der Waals surface area contributed by atoms with E-state index in [2.05, 4.69) is 29.7 Å². The number of hydrogen-bond donors (Lipinski definition) is 2. The molecule has 20 heavy (non-hydrogen) atoms. The highest BCUT2D eigenvalue weighted by molar-refractivity contribution is 5.95. The van der Waals surface area contributed by atoms with Crippen molar-refractivity contribution in [3.63, 3.8) is 0 Å². The molecular formula is C16H16N2O2. The predicted octanol–water partition coefficient (Wildman–Crippen LogP) is 2.94. The first-order valence-corrected chi connectivity index (χ1v) is 6.57. The van der Waals surface area contributed by atoms with Crippen LogP contribution >= 0.6 is 0 Å². The minimum absolute atomic E-state index is 0.0776. The quantitative estimate of drug-likeness (QED) is 0.900. The van der Waals surface area contributed by atoms with Crippen LogP contribution in [0.1, 0.15) is 11.1 Å². The Morgan fingerprint density at radius 3 is 2.95 bits per heavy atom. The van der Waals surface area contributed by atoms with Gasteiger partial charge in [0.15, 0.2) is 6.61 Å². The van der Waals surface area contributed by atoms with E-state index in [4.69, 9.17) is 4.74 Å². The lowest BCUT2D eigenvalue weighted by Crippen LogP contribution is -2.25. The first kappa shape index (κ1) is 12.5. The highest BCUT2D eigenvalue weighted by Gasteiger charge is 2.15. The minimum atomic E-state index is -0.113. The van der Waals surface area contributed by atoms with Crippen molar-refractivity contribution >= 4 is 17.3 Å². The fourth-order valence-corrected chi connectivity index (χ4v) is 2.19. The number of carbonyl (C=O) groups is 1. The summed E-state index contributed by atoms with van der Waals surface area (Å²) in [6.45, 7) is 2.94. The van der Waals surface area contributed by atoms with E-state index >= 15 is 0 Å². The van der Waals surface area contributed by atoms with E-state index in [1.54, 1.807) is 0 Å². The number of carbonyl (C=O) groups excluding carboxylic acids is 1. The van der Waals surface area contributed by atoms with Crippen LogP contribution in [-0.2, 0) is 11.3 Å². The van der Waals surface area contributed by atoms with E-state index in [-0.39, 0.29) is 12.5 Å². The van der Waals surface area contributed by atoms with E-state index in [9.17, 15) is 4.79 Å². The number of anilines is 2. The Morgan fingerprint density at radius 2 is 2.10 bits per heavy atom. The average Bonchev–Trinajstić information content (AvgIpc) is 2.46. The molecule has 0 aliphatic carbocycles. The fraction of sp³-hybridized carbons (Fsp3) is 0.188. The molecule has 3 rings (SSSR count). The predicted molar refractivity (Wildman–Crippen MR) is 79.1 cm³/mol. The fourth-order valence-electron chi connectivity index (χ4n) is 2.19. The maximum Gasteiger partial charge on any atom is 0.262 e. The Morgan fingerprint density at radius 1 is 1.25 bits per heavy atom. The second-order valence-electron chi connectivity index (χ2n) is 4.83. The maximum absolute atomic E-state index is 11.2. The lowest BCUT2D eigenvalue weighted by Gasteiger charge is -2.19. The SMILES string of the molecule is Cc1ccccc1CNc1ccc2c(c1)OCC(=O)N2. The van der Waals surface area contributed by atoms with Crippen LogP contribution in [0.2, 0.25) is 0 Å². The number of nitrogens with one attached hydrogen (secondary N) is 2. The third kappa shape index (κ3) is 2.59. The zero-order valence-corrected chi connectivity index (χ0v) is 11.3. The molecule has 0 aromatic heterocycles. The molecule has 2 aromatic rings. The van der Waals surface area contributed by atoms with Gasteiger partial charge in [-0.25, -0.2) is 0 Å². The zero-order valence-electron chi connectivity index (χ0n) is 11.3. The smallest absolute Gasteiger partial charge is 0.262 e. The molecule has 102 valence electrons. The third-order valence-corrected chi connectivity index (χ3v) is 3.36. The van der Waals surface area contributed by atoms with Crippen LogP contribution in [0.3, 0.4) is 0 Å². The van der Waals surface area contributed by atoms with E-state index in [1.165, 1.54) is 11.1 Å². The summed E-state index contributed by atoms with van der Waals surface area (Å²) in [6.07, 6.45) is 0. The van der Waals surface area contributed by atoms with Gasteiger partial charge < -0.3 is 15.4 Å². The van der Waals surface area contributed by atoms with Gasteiger partial charge in [0.25, 0.3) is 5.91 Å². The summed E-state index contributed by atoms with van der Waals surface area (Å²) in [5.74, 6) is 0.595. The third-order valence-electron chi connectivity index (χ3n) is 3.36. The molecular weight excluding hydrogens is 252 g/mol. The van der Waals surface area contributed by atoms with Gasteiger partial charge in [-0.2, -0.15) is 0 Å². The summed E-state index contributed by atoms with van der Waals surface area (Å²) in [4.78, 5) is 11.2. The van der Waals surface area contributed by atoms with Crippen LogP contribution in [0.15, 0.2) is 42.5 Å². The lowest BCUT2D eigenvalue weighted by atomic mass is 10.1. The maximum atomic E-state index is 11.2. The largest absolute Gasteiger partial charge is 0.482 e. The molecule has 4 heteroatoms. The highest BCUT2D eigenvalue weighted by Crippen LogP contribution is 2.30. The van der Waals surface area contributed by atoms with Gasteiger partial charge >= 0.3 is 0 Å². The van der Waals surface area contributed by atoms with Gasteiger partial charge in [0.1, 0.15) is 5.75 Å². The number of ether oxygens (including phenoxy) is 1. The van der Waals surface area contributed by atoms with E-state index < -0.39 is 0 Å². The van der Waals surface area contributed by atoms with Gasteiger partial charge in [-0.1, -0.05) is 24.3 Å². The van der Waals surface area contributed by atoms with Gasteiger partial charge in [0.05, 0.1) is 5.69 Å². The molecule has 0 spiro atoms. The Hall–Kier alpha value is -2.49. The summed E-state index contributed by atoms with van der Waals surface area (Å²) < 4.78 is 5.40. The summed E-state index contributed by atoms with van der Waals surface area (Å²) in [5, 5.41) is 6.15. The average molecular weight is 268 g/mol. The Kier molecular flexibility index (Phi) is 3.29. The molecule has 1 amide bonds. The van der Waals surface area contributed by atoms with Gasteiger partial charge in [0, 0.05) is 18.3 Å². The van der Waals surface area contributed by atoms with Crippen LogP contribution in [0.4, 0.5) is 11.4 Å². The van der Waals surface area contributed by atoms with Crippen LogP contribution in [0.5, 0.6) is 5.75 Å². The van der Waals surface area contributed by atoms with Crippen molar-refractivity contribution in [1.82, 2.24) is 0 Å². The number of rotatable bonds is 3. The molecule has 0 saturated heterocycles. The van der Waals surface area contributed by atoms with Crippen molar-refractivity contribution in [2.45, 2.75) is 13.5 Å². The minimum Gasteiger partial charge on any atom is -0.482 e. The van der Waals surface area contributed by atoms with Gasteiger partial charge in [-0.3, -0.25) is 4.79 Å². The van der Waals surface area contributed by atoms with Crippen LogP contribution in [0, 0.1) is 6.92 Å². The molecule has 0 radical (unpaired) electrons. The van der Waals surface area contributed by atoms with Crippen LogP contribution in [0.25, 0.3) is 0 Å². The van der Waals surface area contributed by atoms with Crippen molar-refractivity contribution in [3.8, 4) is 5.75 Å². The molecule has 1 aliphatic rings. The second-order valence-corrected chi connectivity index (χ2v) is 4.83. The molecule has 2 aromatic carbocycles.